The molecule has 0 saturated heterocycles. The van der Waals surface area contributed by atoms with Gasteiger partial charge in [-0.25, -0.2) is 9.78 Å². The molecule has 210 valence electrons. The molecule has 6 atom stereocenters. The number of rotatable bonds is 2. The maximum atomic E-state index is 13.3. The second kappa shape index (κ2) is 12.7. The average Bonchev–Trinajstić information content (AvgIpc) is 3.26. The van der Waals surface area contributed by atoms with Crippen molar-refractivity contribution in [2.24, 2.45) is 22.2 Å². The first-order valence-electron chi connectivity index (χ1n) is 13.3. The third-order valence-electron chi connectivity index (χ3n) is 7.86. The van der Waals surface area contributed by atoms with Crippen LogP contribution in [0, 0.1) is 17.3 Å². The molecule has 1 aromatic heterocycles. The predicted molar refractivity (Wildman–Crippen MR) is 148 cm³/mol. The minimum Gasteiger partial charge on any atom is -0.457 e. The molecule has 0 aliphatic carbocycles. The number of aliphatic hydroxyl groups is 2. The number of carbonyl (C=O) groups excluding carboxylic acids is 2. The van der Waals surface area contributed by atoms with Crippen molar-refractivity contribution in [3.05, 3.63) is 39.6 Å². The Morgan fingerprint density at radius 2 is 1.92 bits per heavy atom. The van der Waals surface area contributed by atoms with E-state index in [4.69, 9.17) is 4.74 Å². The van der Waals surface area contributed by atoms with E-state index in [0.717, 1.165) is 21.9 Å². The Balaban J connectivity index is 1.98. The van der Waals surface area contributed by atoms with Crippen molar-refractivity contribution in [3.8, 4) is 0 Å². The quantitative estimate of drug-likeness (QED) is 0.379. The van der Waals surface area contributed by atoms with Gasteiger partial charge in [0.25, 0.3) is 0 Å². The molecule has 3 unspecified atom stereocenters. The number of hydrogen-bond acceptors (Lipinski definition) is 9. The Labute approximate surface area is 228 Å². The average molecular weight is 548 g/mol. The van der Waals surface area contributed by atoms with Gasteiger partial charge >= 0.3 is 11.7 Å². The molecule has 0 aromatic carbocycles. The van der Waals surface area contributed by atoms with E-state index < -0.39 is 41.3 Å². The van der Waals surface area contributed by atoms with Crippen molar-refractivity contribution in [2.75, 3.05) is 5.75 Å². The van der Waals surface area contributed by atoms with Crippen molar-refractivity contribution in [3.63, 3.8) is 0 Å². The molecule has 0 radical (unpaired) electrons. The number of carbonyl (C=O) groups is 2. The summed E-state index contributed by atoms with van der Waals surface area (Å²) in [6.07, 6.45) is 2.48. The fourth-order valence-corrected chi connectivity index (χ4v) is 5.94. The highest BCUT2D eigenvalue weighted by Gasteiger charge is 2.42. The summed E-state index contributed by atoms with van der Waals surface area (Å²) in [6, 6.07) is -0.0356. The zero-order valence-corrected chi connectivity index (χ0v) is 24.0. The van der Waals surface area contributed by atoms with Gasteiger partial charge < -0.3 is 19.9 Å². The highest BCUT2D eigenvalue weighted by atomic mass is 32.2. The minimum absolute atomic E-state index is 0.0356. The van der Waals surface area contributed by atoms with Crippen LogP contribution in [0.1, 0.15) is 72.1 Å². The number of nitrogens with zero attached hydrogens (tertiary/aromatic N) is 2. The van der Waals surface area contributed by atoms with Crippen molar-refractivity contribution >= 4 is 28.6 Å². The summed E-state index contributed by atoms with van der Waals surface area (Å²) in [4.78, 5) is 49.8. The topological polar surface area (TPSA) is 142 Å². The third kappa shape index (κ3) is 7.42. The van der Waals surface area contributed by atoms with Crippen molar-refractivity contribution in [1.29, 1.82) is 0 Å². The van der Waals surface area contributed by atoms with Gasteiger partial charge in [0.2, 0.25) is 0 Å². The third-order valence-corrected chi connectivity index (χ3v) is 8.89. The number of nitrogens with one attached hydrogen (secondary N) is 1. The molecule has 9 nitrogen and oxygen atoms in total. The number of H-pyrrole nitrogens is 1. The minimum atomic E-state index is -1.29. The Bertz CT molecular complexity index is 1140. The fraction of sp³-hybridized carbons (Fsp3) is 0.679. The molecule has 1 aromatic rings. The van der Waals surface area contributed by atoms with E-state index in [0.29, 0.717) is 25.0 Å². The molecule has 0 bridgehead atoms. The molecule has 2 aliphatic rings. The van der Waals surface area contributed by atoms with Crippen LogP contribution in [0.4, 0.5) is 0 Å². The Hall–Kier alpha value is -2.30. The summed E-state index contributed by atoms with van der Waals surface area (Å²) in [5.41, 5.74) is 0.532. The lowest BCUT2D eigenvalue weighted by Gasteiger charge is -2.34. The van der Waals surface area contributed by atoms with Gasteiger partial charge in [-0.15, -0.1) is 11.8 Å². The van der Waals surface area contributed by atoms with Gasteiger partial charge in [0.15, 0.2) is 0 Å². The van der Waals surface area contributed by atoms with Gasteiger partial charge in [0, 0.05) is 30.0 Å². The monoisotopic (exact) mass is 547 g/mol. The Kier molecular flexibility index (Phi) is 10.1. The zero-order valence-electron chi connectivity index (χ0n) is 23.2. The van der Waals surface area contributed by atoms with Crippen LogP contribution < -0.4 is 5.69 Å². The number of aliphatic imine (C=N–C) groups is 1. The molecule has 0 amide bonds. The number of aliphatic hydroxyl groups excluding tert-OH is 2. The second-order valence-electron chi connectivity index (χ2n) is 11.3. The maximum Gasteiger partial charge on any atom is 0.345 e. The second-order valence-corrected chi connectivity index (χ2v) is 12.5. The predicted octanol–water partition coefficient (Wildman–Crippen LogP) is 3.02. The first-order valence-corrected chi connectivity index (χ1v) is 14.3. The molecule has 3 N–H and O–H groups in total. The number of aromatic amines is 1. The van der Waals surface area contributed by atoms with Crippen molar-refractivity contribution in [2.45, 2.75) is 98.0 Å². The highest BCUT2D eigenvalue weighted by molar-refractivity contribution is 8.14. The molecule has 3 rings (SSSR count). The number of aryl methyl sites for hydroxylation is 1. The van der Waals surface area contributed by atoms with Gasteiger partial charge in [-0.3, -0.25) is 14.6 Å². The standard InChI is InChI=1S/C28H41N3O6S/c1-15-8-7-9-19-13-29-27(36)31-21(19)11-22(16(2)10-20-14-38-18(4)30-20)37-24(33)12-23(32)28(5,6)26(35)17(3)25(15)34/h10,13,15,17,20,22-23,25,32,34H,7-9,11-12,14H2,1-6H3,(H,29,31,36)/b16-10+/t15?,17-,20?,22+,23+,25?/m1/s1. The lowest BCUT2D eigenvalue weighted by Crippen LogP contribution is -2.45. The summed E-state index contributed by atoms with van der Waals surface area (Å²) in [6.45, 7) is 10.6. The molecule has 0 saturated carbocycles. The van der Waals surface area contributed by atoms with Gasteiger partial charge in [-0.05, 0) is 50.2 Å². The van der Waals surface area contributed by atoms with Crippen molar-refractivity contribution in [1.82, 2.24) is 9.97 Å². The summed E-state index contributed by atoms with van der Waals surface area (Å²) >= 11 is 1.67. The molecule has 2 aliphatic heterocycles. The highest BCUT2D eigenvalue weighted by Crippen LogP contribution is 2.32. The summed E-state index contributed by atoms with van der Waals surface area (Å²) in [5, 5.41) is 22.8. The van der Waals surface area contributed by atoms with Crippen LogP contribution in [-0.4, -0.2) is 67.1 Å². The van der Waals surface area contributed by atoms with Crippen LogP contribution in [0.5, 0.6) is 0 Å². The summed E-state index contributed by atoms with van der Waals surface area (Å²) in [5.74, 6) is -1.02. The molecular formula is C28H41N3O6S. The number of hydrogen-bond donors (Lipinski definition) is 3. The van der Waals surface area contributed by atoms with Crippen molar-refractivity contribution < 1.29 is 24.5 Å². The lowest BCUT2D eigenvalue weighted by molar-refractivity contribution is -0.154. The van der Waals surface area contributed by atoms with Gasteiger partial charge in [-0.2, -0.15) is 0 Å². The molecule has 0 fully saturated rings. The molecule has 38 heavy (non-hydrogen) atoms. The Morgan fingerprint density at radius 1 is 1.21 bits per heavy atom. The van der Waals surface area contributed by atoms with E-state index in [2.05, 4.69) is 15.0 Å². The normalized spacial score (nSPS) is 31.9. The van der Waals surface area contributed by atoms with E-state index in [1.165, 1.54) is 0 Å². The number of thioether (sulfide) groups is 1. The largest absolute Gasteiger partial charge is 0.457 e. The van der Waals surface area contributed by atoms with Crippen LogP contribution in [0.15, 0.2) is 27.6 Å². The molecule has 0 spiro atoms. The first kappa shape index (κ1) is 30.2. The van der Waals surface area contributed by atoms with Crippen LogP contribution in [0.2, 0.25) is 0 Å². The van der Waals surface area contributed by atoms with Crippen LogP contribution in [-0.2, 0) is 27.2 Å². The van der Waals surface area contributed by atoms with E-state index in [1.54, 1.807) is 38.7 Å². The smallest absolute Gasteiger partial charge is 0.345 e. The molecule has 10 heteroatoms. The van der Waals surface area contributed by atoms with Gasteiger partial charge in [0.1, 0.15) is 11.9 Å². The molecular weight excluding hydrogens is 506 g/mol. The zero-order chi connectivity index (χ0) is 28.2. The van der Waals surface area contributed by atoms with E-state index in [9.17, 15) is 24.6 Å². The Morgan fingerprint density at radius 3 is 2.58 bits per heavy atom. The number of Topliss-reactive ketones (excluding diaryl/α,β-unsaturated/α-hetero) is 1. The summed E-state index contributed by atoms with van der Waals surface area (Å²) < 4.78 is 5.89. The number of ether oxygens (including phenoxy) is 1. The van der Waals surface area contributed by atoms with Gasteiger partial charge in [-0.1, -0.05) is 33.8 Å². The fourth-order valence-electron chi connectivity index (χ4n) is 5.15. The van der Waals surface area contributed by atoms with Crippen LogP contribution in [0.25, 0.3) is 0 Å². The SMILES string of the molecule is CC1=NC(/C=C(\C)[C@@H]2Cc3[nH]c(=O)ncc3CCCC(C)C(O)[C@@H](C)C(=O)C(C)(C)[C@@H](O)CC(=O)O2)CS1. The number of ketones is 1. The summed E-state index contributed by atoms with van der Waals surface area (Å²) in [7, 11) is 0. The van der Waals surface area contributed by atoms with E-state index >= 15 is 0 Å². The first-order chi connectivity index (χ1) is 17.8. The number of aromatic nitrogens is 2. The van der Waals surface area contributed by atoms with Crippen LogP contribution in [0.3, 0.4) is 0 Å². The molecule has 3 heterocycles. The lowest BCUT2D eigenvalue weighted by atomic mass is 9.73. The van der Waals surface area contributed by atoms with Crippen LogP contribution >= 0.6 is 11.8 Å². The maximum absolute atomic E-state index is 13.3. The van der Waals surface area contributed by atoms with Gasteiger partial charge in [0.05, 0.1) is 35.1 Å². The van der Waals surface area contributed by atoms with E-state index in [1.807, 2.05) is 26.8 Å². The van der Waals surface area contributed by atoms with E-state index in [-0.39, 0.29) is 30.6 Å². The number of cyclic esters (lactones) is 1. The number of esters is 1. The number of fused-ring (bicyclic) bond motifs is 1.